The molecule has 21 heavy (non-hydrogen) atoms. The summed E-state index contributed by atoms with van der Waals surface area (Å²) >= 11 is 1.53. The molecule has 1 aromatic carbocycles. The summed E-state index contributed by atoms with van der Waals surface area (Å²) in [4.78, 5) is 20.5. The lowest BCUT2D eigenvalue weighted by Gasteiger charge is -2.04. The van der Waals surface area contributed by atoms with Gasteiger partial charge < -0.3 is 9.47 Å². The first-order valence-corrected chi connectivity index (χ1v) is 7.43. The Bertz CT molecular complexity index is 730. The summed E-state index contributed by atoms with van der Waals surface area (Å²) in [6.07, 6.45) is 0. The minimum absolute atomic E-state index is 0.303. The van der Waals surface area contributed by atoms with Crippen molar-refractivity contribution >= 4 is 33.7 Å². The number of aliphatic imine (C=N–C) groups is 1. The smallest absolute Gasteiger partial charge is 0.331 e. The van der Waals surface area contributed by atoms with Crippen molar-refractivity contribution in [3.05, 3.63) is 36.0 Å². The number of ether oxygens (including phenoxy) is 2. The lowest BCUT2D eigenvalue weighted by atomic mass is 10.2. The third-order valence-corrected chi connectivity index (χ3v) is 4.31. The molecule has 0 saturated carbocycles. The molecule has 5 nitrogen and oxygen atoms in total. The molecule has 1 unspecified atom stereocenters. The molecule has 1 aliphatic heterocycles. The van der Waals surface area contributed by atoms with E-state index >= 15 is 0 Å². The minimum atomic E-state index is -0.427. The first kappa shape index (κ1) is 13.9. The van der Waals surface area contributed by atoms with E-state index in [0.717, 1.165) is 27.4 Å². The van der Waals surface area contributed by atoms with Gasteiger partial charge in [0.25, 0.3) is 0 Å². The summed E-state index contributed by atoms with van der Waals surface area (Å²) in [5.74, 6) is 1.10. The maximum absolute atomic E-state index is 11.5. The van der Waals surface area contributed by atoms with E-state index < -0.39 is 6.04 Å². The number of thioether (sulfide) groups is 1. The fraction of sp³-hybridized carbons (Fsp3) is 0.267. The number of fused-ring (bicyclic) bond motifs is 1. The van der Waals surface area contributed by atoms with Crippen LogP contribution >= 0.6 is 11.8 Å². The summed E-state index contributed by atoms with van der Waals surface area (Å²) in [6.45, 7) is 0. The highest BCUT2D eigenvalue weighted by Gasteiger charge is 2.26. The van der Waals surface area contributed by atoms with Crippen LogP contribution in [0.15, 0.2) is 35.3 Å². The third-order valence-electron chi connectivity index (χ3n) is 3.24. The number of methoxy groups -OCH3 is 2. The van der Waals surface area contributed by atoms with E-state index in [1.54, 1.807) is 7.11 Å². The van der Waals surface area contributed by atoms with Crippen molar-refractivity contribution in [3.63, 3.8) is 0 Å². The van der Waals surface area contributed by atoms with Gasteiger partial charge in [0.2, 0.25) is 0 Å². The Balaban J connectivity index is 1.93. The number of pyridine rings is 1. The van der Waals surface area contributed by atoms with E-state index in [2.05, 4.69) is 9.98 Å². The number of hydrogen-bond donors (Lipinski definition) is 0. The molecule has 3 rings (SSSR count). The van der Waals surface area contributed by atoms with Crippen molar-refractivity contribution in [2.75, 3.05) is 20.0 Å². The Hall–Kier alpha value is -2.08. The monoisotopic (exact) mass is 302 g/mol. The Labute approximate surface area is 126 Å². The summed E-state index contributed by atoms with van der Waals surface area (Å²) in [7, 11) is 3.02. The van der Waals surface area contributed by atoms with Gasteiger partial charge in [-0.15, -0.1) is 11.8 Å². The summed E-state index contributed by atoms with van der Waals surface area (Å²) < 4.78 is 9.92. The fourth-order valence-corrected chi connectivity index (χ4v) is 3.11. The van der Waals surface area contributed by atoms with Gasteiger partial charge in [-0.2, -0.15) is 0 Å². The quantitative estimate of drug-likeness (QED) is 0.814. The molecule has 0 aliphatic carbocycles. The molecule has 2 heterocycles. The van der Waals surface area contributed by atoms with Gasteiger partial charge in [0.15, 0.2) is 6.04 Å². The average molecular weight is 302 g/mol. The van der Waals surface area contributed by atoms with Crippen LogP contribution in [0.5, 0.6) is 5.75 Å². The zero-order valence-electron chi connectivity index (χ0n) is 11.7. The Morgan fingerprint density at radius 1 is 1.29 bits per heavy atom. The molecular weight excluding hydrogens is 288 g/mol. The molecule has 0 spiro atoms. The number of nitrogens with zero attached hydrogens (tertiary/aromatic N) is 2. The van der Waals surface area contributed by atoms with Crippen molar-refractivity contribution in [2.45, 2.75) is 6.04 Å². The molecule has 0 amide bonds. The first-order valence-electron chi connectivity index (χ1n) is 6.45. The average Bonchev–Trinajstić information content (AvgIpc) is 3.03. The first-order chi connectivity index (χ1) is 10.2. The van der Waals surface area contributed by atoms with E-state index in [0.29, 0.717) is 5.75 Å². The van der Waals surface area contributed by atoms with Gasteiger partial charge in [0.1, 0.15) is 10.8 Å². The van der Waals surface area contributed by atoms with Crippen LogP contribution in [0.25, 0.3) is 10.9 Å². The van der Waals surface area contributed by atoms with Crippen LogP contribution in [0, 0.1) is 0 Å². The largest absolute Gasteiger partial charge is 0.497 e. The number of hydrogen-bond acceptors (Lipinski definition) is 6. The highest BCUT2D eigenvalue weighted by Crippen LogP contribution is 2.25. The zero-order valence-corrected chi connectivity index (χ0v) is 12.5. The number of benzene rings is 1. The topological polar surface area (TPSA) is 60.8 Å². The summed E-state index contributed by atoms with van der Waals surface area (Å²) in [5.41, 5.74) is 1.65. The van der Waals surface area contributed by atoms with Crippen LogP contribution in [0.3, 0.4) is 0 Å². The molecule has 0 fully saturated rings. The SMILES string of the molecule is COC(=O)C1CSC(c2ccc3cc(OC)ccc3n2)=N1. The molecule has 0 bridgehead atoms. The van der Waals surface area contributed by atoms with Gasteiger partial charge in [-0.3, -0.25) is 4.99 Å². The van der Waals surface area contributed by atoms with E-state index in [9.17, 15) is 4.79 Å². The highest BCUT2D eigenvalue weighted by molar-refractivity contribution is 8.14. The minimum Gasteiger partial charge on any atom is -0.497 e. The lowest BCUT2D eigenvalue weighted by Crippen LogP contribution is -2.19. The van der Waals surface area contributed by atoms with E-state index in [1.807, 2.05) is 30.3 Å². The Kier molecular flexibility index (Phi) is 3.79. The van der Waals surface area contributed by atoms with Crippen LogP contribution < -0.4 is 4.74 Å². The van der Waals surface area contributed by atoms with E-state index in [-0.39, 0.29) is 5.97 Å². The van der Waals surface area contributed by atoms with Crippen molar-refractivity contribution in [1.82, 2.24) is 4.98 Å². The second-order valence-corrected chi connectivity index (χ2v) is 5.55. The molecule has 1 aromatic heterocycles. The molecule has 0 saturated heterocycles. The van der Waals surface area contributed by atoms with E-state index in [1.165, 1.54) is 18.9 Å². The third kappa shape index (κ3) is 2.71. The van der Waals surface area contributed by atoms with Gasteiger partial charge in [-0.05, 0) is 24.3 Å². The lowest BCUT2D eigenvalue weighted by molar-refractivity contribution is -0.141. The Morgan fingerprint density at radius 3 is 2.90 bits per heavy atom. The second-order valence-electron chi connectivity index (χ2n) is 4.54. The number of rotatable bonds is 3. The molecule has 108 valence electrons. The molecule has 1 aliphatic rings. The normalized spacial score (nSPS) is 17.6. The van der Waals surface area contributed by atoms with Crippen LogP contribution in [-0.4, -0.2) is 42.0 Å². The number of esters is 1. The summed E-state index contributed by atoms with van der Waals surface area (Å²) in [6, 6.07) is 9.19. The van der Waals surface area contributed by atoms with Crippen LogP contribution in [0.1, 0.15) is 5.69 Å². The van der Waals surface area contributed by atoms with Crippen molar-refractivity contribution in [3.8, 4) is 5.75 Å². The van der Waals surface area contributed by atoms with Crippen LogP contribution in [0.4, 0.5) is 0 Å². The molecule has 0 N–H and O–H groups in total. The fourth-order valence-electron chi connectivity index (χ4n) is 2.12. The Morgan fingerprint density at radius 2 is 2.14 bits per heavy atom. The standard InChI is InChI=1S/C15H14N2O3S/c1-19-10-4-6-11-9(7-10)3-5-12(16-11)14-17-13(8-21-14)15(18)20-2/h3-7,13H,8H2,1-2H3. The van der Waals surface area contributed by atoms with Gasteiger partial charge >= 0.3 is 5.97 Å². The van der Waals surface area contributed by atoms with Gasteiger partial charge in [0.05, 0.1) is 25.4 Å². The predicted molar refractivity (Wildman–Crippen MR) is 83.1 cm³/mol. The number of carbonyl (C=O) groups excluding carboxylic acids is 1. The molecule has 2 aromatic rings. The van der Waals surface area contributed by atoms with Gasteiger partial charge in [-0.1, -0.05) is 6.07 Å². The maximum atomic E-state index is 11.5. The van der Waals surface area contributed by atoms with Crippen molar-refractivity contribution in [2.24, 2.45) is 4.99 Å². The predicted octanol–water partition coefficient (Wildman–Crippen LogP) is 2.28. The molecule has 1 atom stereocenters. The van der Waals surface area contributed by atoms with Gasteiger partial charge in [-0.25, -0.2) is 9.78 Å². The molecular formula is C15H14N2O3S. The second kappa shape index (κ2) is 5.73. The molecule has 0 radical (unpaired) electrons. The number of aromatic nitrogens is 1. The zero-order chi connectivity index (χ0) is 14.8. The van der Waals surface area contributed by atoms with Crippen LogP contribution in [0.2, 0.25) is 0 Å². The van der Waals surface area contributed by atoms with E-state index in [4.69, 9.17) is 9.47 Å². The molecule has 6 heteroatoms. The highest BCUT2D eigenvalue weighted by atomic mass is 32.2. The van der Waals surface area contributed by atoms with Crippen molar-refractivity contribution < 1.29 is 14.3 Å². The number of carbonyl (C=O) groups is 1. The van der Waals surface area contributed by atoms with Crippen LogP contribution in [-0.2, 0) is 9.53 Å². The summed E-state index contributed by atoms with van der Waals surface area (Å²) in [5, 5.41) is 1.79. The maximum Gasteiger partial charge on any atom is 0.331 e. The van der Waals surface area contributed by atoms with Gasteiger partial charge in [0, 0.05) is 11.1 Å². The van der Waals surface area contributed by atoms with Crippen molar-refractivity contribution in [1.29, 1.82) is 0 Å².